The largest absolute Gasteiger partial charge is 0.543 e. The monoisotopic (exact) mass is 313 g/mol. The van der Waals surface area contributed by atoms with Crippen molar-refractivity contribution in [3.63, 3.8) is 0 Å². The fourth-order valence-corrected chi connectivity index (χ4v) is 3.79. The van der Waals surface area contributed by atoms with Crippen LogP contribution in [-0.2, 0) is 0 Å². The maximum Gasteiger partial charge on any atom is 0.250 e. The van der Waals surface area contributed by atoms with E-state index < -0.39 is 8.32 Å². The Morgan fingerprint density at radius 2 is 1.89 bits per heavy atom. The minimum atomic E-state index is -1.80. The number of aromatic nitrogens is 1. The average Bonchev–Trinajstić information content (AvgIpc) is 2.56. The molecule has 0 saturated heterocycles. The summed E-state index contributed by atoms with van der Waals surface area (Å²) in [4.78, 5) is 4.34. The zero-order valence-corrected chi connectivity index (χ0v) is 14.9. The van der Waals surface area contributed by atoms with E-state index in [-0.39, 0.29) is 5.04 Å². The Hall–Kier alpha value is -0.583. The molecule has 2 aromatic rings. The molecule has 1 heterocycles. The Kier molecular flexibility index (Phi) is 3.71. The molecule has 2 rings (SSSR count). The first-order chi connectivity index (χ1) is 8.60. The average molecular weight is 314 g/mol. The maximum atomic E-state index is 6.34. The van der Waals surface area contributed by atoms with Gasteiger partial charge in [0.1, 0.15) is 5.75 Å². The van der Waals surface area contributed by atoms with Gasteiger partial charge in [0.2, 0.25) is 8.32 Å². The summed E-state index contributed by atoms with van der Waals surface area (Å²) in [6.45, 7) is 13.3. The molecule has 0 fully saturated rings. The number of benzene rings is 1. The summed E-state index contributed by atoms with van der Waals surface area (Å²) in [6.07, 6.45) is 0. The van der Waals surface area contributed by atoms with Crippen LogP contribution in [0.15, 0.2) is 12.1 Å². The summed E-state index contributed by atoms with van der Waals surface area (Å²) in [5.74, 6) is 0.942. The lowest BCUT2D eigenvalue weighted by Gasteiger charge is -2.36. The summed E-state index contributed by atoms with van der Waals surface area (Å²) in [5.41, 5.74) is 2.10. The fourth-order valence-electron chi connectivity index (χ4n) is 1.64. The van der Waals surface area contributed by atoms with Gasteiger partial charge < -0.3 is 4.43 Å². The quantitative estimate of drug-likeness (QED) is 0.669. The van der Waals surface area contributed by atoms with Gasteiger partial charge in [-0.05, 0) is 42.8 Å². The smallest absolute Gasteiger partial charge is 0.250 e. The normalized spacial score (nSPS) is 13.0. The van der Waals surface area contributed by atoms with Gasteiger partial charge in [0.05, 0.1) is 10.2 Å². The first-order valence-corrected chi connectivity index (χ1v) is 10.5. The number of aryl methyl sites for hydroxylation is 1. The van der Waals surface area contributed by atoms with E-state index in [2.05, 4.69) is 57.9 Å². The van der Waals surface area contributed by atoms with Crippen molar-refractivity contribution in [1.29, 1.82) is 0 Å². The van der Waals surface area contributed by atoms with Crippen LogP contribution in [0, 0.1) is 6.92 Å². The van der Waals surface area contributed by atoms with Gasteiger partial charge >= 0.3 is 0 Å². The van der Waals surface area contributed by atoms with Crippen LogP contribution in [0.1, 0.15) is 26.3 Å². The zero-order valence-electron chi connectivity index (χ0n) is 12.3. The molecule has 0 unspecified atom stereocenters. The Bertz CT molecular complexity index is 616. The highest BCUT2D eigenvalue weighted by Gasteiger charge is 2.39. The van der Waals surface area contributed by atoms with Crippen molar-refractivity contribution in [2.24, 2.45) is 0 Å². The third-order valence-corrected chi connectivity index (χ3v) is 9.28. The molecule has 2 nitrogen and oxygen atoms in total. The van der Waals surface area contributed by atoms with Gasteiger partial charge in [0.25, 0.3) is 0 Å². The topological polar surface area (TPSA) is 22.1 Å². The fraction of sp³-hybridized carbons (Fsp3) is 0.500. The second-order valence-corrected chi connectivity index (χ2v) is 12.8. The number of halogens is 1. The van der Waals surface area contributed by atoms with Crippen LogP contribution in [0.2, 0.25) is 22.6 Å². The summed E-state index contributed by atoms with van der Waals surface area (Å²) < 4.78 is 8.02. The van der Waals surface area contributed by atoms with Gasteiger partial charge in [-0.2, -0.15) is 0 Å². The van der Waals surface area contributed by atoms with Gasteiger partial charge in [-0.3, -0.25) is 0 Å². The molecule has 0 atom stereocenters. The standard InChI is InChI=1S/C14H20ClNOSSi/c1-9-7-10(17-19(5,6)14(2,3)4)8-11-12(9)16-13(15)18-11/h7-8H,1-6H3. The minimum Gasteiger partial charge on any atom is -0.543 e. The third-order valence-electron chi connectivity index (χ3n) is 3.81. The molecule has 0 amide bonds. The number of thiazole rings is 1. The van der Waals surface area contributed by atoms with Crippen LogP contribution in [0.25, 0.3) is 10.2 Å². The van der Waals surface area contributed by atoms with Crippen molar-refractivity contribution in [3.8, 4) is 5.75 Å². The van der Waals surface area contributed by atoms with E-state index in [9.17, 15) is 0 Å². The summed E-state index contributed by atoms with van der Waals surface area (Å²) >= 11 is 7.49. The van der Waals surface area contributed by atoms with Crippen LogP contribution in [0.4, 0.5) is 0 Å². The van der Waals surface area contributed by atoms with E-state index in [0.717, 1.165) is 21.5 Å². The van der Waals surface area contributed by atoms with E-state index in [1.165, 1.54) is 11.3 Å². The summed E-state index contributed by atoms with van der Waals surface area (Å²) in [6, 6.07) is 4.13. The maximum absolute atomic E-state index is 6.34. The van der Waals surface area contributed by atoms with Gasteiger partial charge in [0, 0.05) is 0 Å². The van der Waals surface area contributed by atoms with Crippen molar-refractivity contribution in [2.45, 2.75) is 45.8 Å². The van der Waals surface area contributed by atoms with Crippen molar-refractivity contribution < 1.29 is 4.43 Å². The lowest BCUT2D eigenvalue weighted by Crippen LogP contribution is -2.43. The van der Waals surface area contributed by atoms with E-state index in [0.29, 0.717) is 4.47 Å². The molecule has 1 aromatic heterocycles. The molecule has 0 bridgehead atoms. The minimum absolute atomic E-state index is 0.196. The molecule has 1 aromatic carbocycles. The molecule has 0 aliphatic carbocycles. The highest BCUT2D eigenvalue weighted by Crippen LogP contribution is 2.39. The van der Waals surface area contributed by atoms with Crippen LogP contribution < -0.4 is 4.43 Å². The SMILES string of the molecule is Cc1cc(O[Si](C)(C)C(C)(C)C)cc2sc(Cl)nc12. The predicted molar refractivity (Wildman–Crippen MR) is 87.2 cm³/mol. The van der Waals surface area contributed by atoms with Crippen LogP contribution in [0.5, 0.6) is 5.75 Å². The van der Waals surface area contributed by atoms with Crippen molar-refractivity contribution in [3.05, 3.63) is 22.2 Å². The molecule has 5 heteroatoms. The summed E-state index contributed by atoms with van der Waals surface area (Å²) in [5, 5.41) is 0.196. The van der Waals surface area contributed by atoms with Gasteiger partial charge in [-0.25, -0.2) is 4.98 Å². The molecule has 0 radical (unpaired) electrons. The number of hydrogen-bond donors (Lipinski definition) is 0. The molecule has 0 N–H and O–H groups in total. The number of fused-ring (bicyclic) bond motifs is 1. The zero-order chi connectivity index (χ0) is 14.4. The Labute approximate surface area is 124 Å². The molecule has 19 heavy (non-hydrogen) atoms. The molecule has 0 spiro atoms. The number of hydrogen-bond acceptors (Lipinski definition) is 3. The molecule has 0 saturated carbocycles. The lowest BCUT2D eigenvalue weighted by molar-refractivity contribution is 0.492. The van der Waals surface area contributed by atoms with E-state index in [1.54, 1.807) is 0 Å². The second-order valence-electron chi connectivity index (χ2n) is 6.42. The van der Waals surface area contributed by atoms with Crippen molar-refractivity contribution in [2.75, 3.05) is 0 Å². The van der Waals surface area contributed by atoms with Gasteiger partial charge in [0.15, 0.2) is 4.47 Å². The Morgan fingerprint density at radius 1 is 1.26 bits per heavy atom. The van der Waals surface area contributed by atoms with Crippen LogP contribution >= 0.6 is 22.9 Å². The second kappa shape index (κ2) is 4.76. The lowest BCUT2D eigenvalue weighted by atomic mass is 10.2. The molecule has 104 valence electrons. The molecule has 0 aliphatic rings. The van der Waals surface area contributed by atoms with Crippen LogP contribution in [-0.4, -0.2) is 13.3 Å². The third kappa shape index (κ3) is 2.96. The highest BCUT2D eigenvalue weighted by molar-refractivity contribution is 7.22. The van der Waals surface area contributed by atoms with Gasteiger partial charge in [-0.1, -0.05) is 32.4 Å². The number of nitrogens with zero attached hydrogens (tertiary/aromatic N) is 1. The molecular formula is C14H20ClNOSSi. The number of rotatable bonds is 2. The van der Waals surface area contributed by atoms with Gasteiger partial charge in [-0.15, -0.1) is 11.3 Å². The Morgan fingerprint density at radius 3 is 2.47 bits per heavy atom. The van der Waals surface area contributed by atoms with Crippen molar-refractivity contribution >= 4 is 41.5 Å². The molecular weight excluding hydrogens is 294 g/mol. The van der Waals surface area contributed by atoms with Crippen LogP contribution in [0.3, 0.4) is 0 Å². The van der Waals surface area contributed by atoms with E-state index in [4.69, 9.17) is 16.0 Å². The summed E-state index contributed by atoms with van der Waals surface area (Å²) in [7, 11) is -1.80. The Balaban J connectivity index is 2.42. The predicted octanol–water partition coefficient (Wildman–Crippen LogP) is 5.64. The van der Waals surface area contributed by atoms with Crippen molar-refractivity contribution in [1.82, 2.24) is 4.98 Å². The first kappa shape index (κ1) is 14.8. The van der Waals surface area contributed by atoms with E-state index >= 15 is 0 Å². The molecule has 0 aliphatic heterocycles. The highest BCUT2D eigenvalue weighted by atomic mass is 35.5. The van der Waals surface area contributed by atoms with E-state index in [1.807, 2.05) is 0 Å². The first-order valence-electron chi connectivity index (χ1n) is 6.36.